The van der Waals surface area contributed by atoms with Crippen molar-refractivity contribution in [3.8, 4) is 5.75 Å². The third-order valence-corrected chi connectivity index (χ3v) is 4.36. The molecule has 0 amide bonds. The van der Waals surface area contributed by atoms with Crippen molar-refractivity contribution in [2.45, 2.75) is 6.61 Å². The standard InChI is InChI=1S/C20H14Cl2FN3O3/c21-18-9-14(11-24-25-16-5-7-17(8-6-16)26(27)28)10-19(22)20(18)29-12-13-1-3-15(23)4-2-13/h1-11,25H,12H2/b24-11+. The number of non-ortho nitro benzene ring substituents is 1. The van der Waals surface area contributed by atoms with E-state index in [1.54, 1.807) is 36.4 Å². The van der Waals surface area contributed by atoms with E-state index >= 15 is 0 Å². The van der Waals surface area contributed by atoms with Crippen molar-refractivity contribution in [3.63, 3.8) is 0 Å². The van der Waals surface area contributed by atoms with E-state index in [1.165, 1.54) is 30.5 Å². The highest BCUT2D eigenvalue weighted by Gasteiger charge is 2.10. The number of benzene rings is 3. The molecule has 9 heteroatoms. The van der Waals surface area contributed by atoms with Gasteiger partial charge in [0, 0.05) is 12.1 Å². The van der Waals surface area contributed by atoms with Crippen molar-refractivity contribution >= 4 is 40.8 Å². The fraction of sp³-hybridized carbons (Fsp3) is 0.0500. The van der Waals surface area contributed by atoms with Crippen LogP contribution in [0.5, 0.6) is 5.75 Å². The van der Waals surface area contributed by atoms with E-state index in [9.17, 15) is 14.5 Å². The third kappa shape index (κ3) is 5.66. The van der Waals surface area contributed by atoms with Crippen molar-refractivity contribution in [3.05, 3.63) is 97.8 Å². The Hall–Kier alpha value is -3.16. The van der Waals surface area contributed by atoms with Gasteiger partial charge in [0.05, 0.1) is 26.9 Å². The molecule has 0 aliphatic carbocycles. The van der Waals surface area contributed by atoms with Gasteiger partial charge in [-0.25, -0.2) is 4.39 Å². The van der Waals surface area contributed by atoms with Crippen molar-refractivity contribution in [2.75, 3.05) is 5.43 Å². The van der Waals surface area contributed by atoms with Crippen molar-refractivity contribution in [1.82, 2.24) is 0 Å². The Labute approximate surface area is 175 Å². The largest absolute Gasteiger partial charge is 0.486 e. The lowest BCUT2D eigenvalue weighted by molar-refractivity contribution is -0.384. The van der Waals surface area contributed by atoms with E-state index in [0.717, 1.165) is 5.56 Å². The van der Waals surface area contributed by atoms with Gasteiger partial charge in [-0.1, -0.05) is 35.3 Å². The maximum Gasteiger partial charge on any atom is 0.269 e. The van der Waals surface area contributed by atoms with Crippen LogP contribution >= 0.6 is 23.2 Å². The second-order valence-electron chi connectivity index (χ2n) is 5.90. The number of anilines is 1. The minimum absolute atomic E-state index is 0.00526. The molecule has 0 aliphatic heterocycles. The number of rotatable bonds is 7. The summed E-state index contributed by atoms with van der Waals surface area (Å²) in [4.78, 5) is 10.2. The van der Waals surface area contributed by atoms with Crippen molar-refractivity contribution in [2.24, 2.45) is 5.10 Å². The van der Waals surface area contributed by atoms with Crippen LogP contribution in [0.25, 0.3) is 0 Å². The number of hydrogen-bond donors (Lipinski definition) is 1. The van der Waals surface area contributed by atoms with E-state index in [1.807, 2.05) is 0 Å². The molecule has 1 N–H and O–H groups in total. The molecule has 0 spiro atoms. The first kappa shape index (κ1) is 20.6. The summed E-state index contributed by atoms with van der Waals surface area (Å²) in [5.74, 6) is -0.00562. The molecule has 29 heavy (non-hydrogen) atoms. The smallest absolute Gasteiger partial charge is 0.269 e. The Morgan fingerprint density at radius 1 is 1.07 bits per heavy atom. The Kier molecular flexibility index (Phi) is 6.64. The minimum atomic E-state index is -0.475. The van der Waals surface area contributed by atoms with Gasteiger partial charge in [0.2, 0.25) is 0 Å². The van der Waals surface area contributed by atoms with E-state index < -0.39 is 4.92 Å². The fourth-order valence-electron chi connectivity index (χ4n) is 2.37. The summed E-state index contributed by atoms with van der Waals surface area (Å²) in [7, 11) is 0. The van der Waals surface area contributed by atoms with Crippen LogP contribution in [0, 0.1) is 15.9 Å². The summed E-state index contributed by atoms with van der Waals surface area (Å²) < 4.78 is 18.6. The molecular weight excluding hydrogens is 420 g/mol. The molecule has 0 saturated heterocycles. The van der Waals surface area contributed by atoms with E-state index in [0.29, 0.717) is 27.0 Å². The summed E-state index contributed by atoms with van der Waals surface area (Å²) in [6.07, 6.45) is 1.50. The van der Waals surface area contributed by atoms with Gasteiger partial charge in [-0.15, -0.1) is 0 Å². The number of hydrazone groups is 1. The molecule has 0 radical (unpaired) electrons. The van der Waals surface area contributed by atoms with Gasteiger partial charge >= 0.3 is 0 Å². The quantitative estimate of drug-likeness (QED) is 0.278. The van der Waals surface area contributed by atoms with Crippen LogP contribution in [-0.2, 0) is 6.61 Å². The average molecular weight is 434 g/mol. The molecule has 0 aromatic heterocycles. The second kappa shape index (κ2) is 9.36. The van der Waals surface area contributed by atoms with Gasteiger partial charge in [0.25, 0.3) is 5.69 Å². The van der Waals surface area contributed by atoms with Crippen molar-refractivity contribution < 1.29 is 14.1 Å². The topological polar surface area (TPSA) is 76.8 Å². The lowest BCUT2D eigenvalue weighted by atomic mass is 10.2. The summed E-state index contributed by atoms with van der Waals surface area (Å²) >= 11 is 12.5. The molecular formula is C20H14Cl2FN3O3. The molecule has 0 heterocycles. The SMILES string of the molecule is O=[N+]([O-])c1ccc(N/N=C/c2cc(Cl)c(OCc3ccc(F)cc3)c(Cl)c2)cc1. The number of halogens is 3. The predicted octanol–water partition coefficient (Wildman–Crippen LogP) is 6.07. The van der Waals surface area contributed by atoms with E-state index in [-0.39, 0.29) is 18.1 Å². The first-order valence-corrected chi connectivity index (χ1v) is 9.08. The van der Waals surface area contributed by atoms with Gasteiger partial charge in [0.1, 0.15) is 12.4 Å². The predicted molar refractivity (Wildman–Crippen MR) is 112 cm³/mol. The van der Waals surface area contributed by atoms with Crippen molar-refractivity contribution in [1.29, 1.82) is 0 Å². The Morgan fingerprint density at radius 3 is 2.28 bits per heavy atom. The molecule has 3 aromatic rings. The lowest BCUT2D eigenvalue weighted by Crippen LogP contribution is -1.98. The third-order valence-electron chi connectivity index (χ3n) is 3.80. The van der Waals surface area contributed by atoms with E-state index in [2.05, 4.69) is 10.5 Å². The van der Waals surface area contributed by atoms with Crippen LogP contribution < -0.4 is 10.2 Å². The zero-order valence-corrected chi connectivity index (χ0v) is 16.3. The van der Waals surface area contributed by atoms with Gasteiger partial charge in [-0.05, 0) is 47.5 Å². The number of nitro benzene ring substituents is 1. The van der Waals surface area contributed by atoms with Crippen LogP contribution in [0.4, 0.5) is 15.8 Å². The first-order valence-electron chi connectivity index (χ1n) is 8.32. The molecule has 3 aromatic carbocycles. The maximum atomic E-state index is 13.0. The van der Waals surface area contributed by atoms with Gasteiger partial charge in [0.15, 0.2) is 5.75 Å². The lowest BCUT2D eigenvalue weighted by Gasteiger charge is -2.11. The number of nitrogens with zero attached hydrogens (tertiary/aromatic N) is 2. The molecule has 0 bridgehead atoms. The molecule has 3 rings (SSSR count). The highest BCUT2D eigenvalue weighted by Crippen LogP contribution is 2.34. The van der Waals surface area contributed by atoms with Gasteiger partial charge in [-0.2, -0.15) is 5.10 Å². The Bertz CT molecular complexity index is 1020. The summed E-state index contributed by atoms with van der Waals surface area (Å²) in [6.45, 7) is 0.189. The summed E-state index contributed by atoms with van der Waals surface area (Å²) in [5, 5.41) is 15.3. The van der Waals surface area contributed by atoms with Crippen LogP contribution in [0.2, 0.25) is 10.0 Å². The van der Waals surface area contributed by atoms with E-state index in [4.69, 9.17) is 27.9 Å². The van der Waals surface area contributed by atoms with Crippen LogP contribution in [0.15, 0.2) is 65.8 Å². The molecule has 0 unspecified atom stereocenters. The van der Waals surface area contributed by atoms with Crippen LogP contribution in [-0.4, -0.2) is 11.1 Å². The average Bonchev–Trinajstić information content (AvgIpc) is 2.69. The number of nitrogens with one attached hydrogen (secondary N) is 1. The van der Waals surface area contributed by atoms with Gasteiger partial charge in [-0.3, -0.25) is 15.5 Å². The highest BCUT2D eigenvalue weighted by atomic mass is 35.5. The second-order valence-corrected chi connectivity index (χ2v) is 6.72. The number of ether oxygens (including phenoxy) is 1. The minimum Gasteiger partial charge on any atom is -0.486 e. The fourth-order valence-corrected chi connectivity index (χ4v) is 2.98. The Balaban J connectivity index is 1.64. The monoisotopic (exact) mass is 433 g/mol. The van der Waals surface area contributed by atoms with Crippen LogP contribution in [0.1, 0.15) is 11.1 Å². The highest BCUT2D eigenvalue weighted by molar-refractivity contribution is 6.37. The van der Waals surface area contributed by atoms with Crippen LogP contribution in [0.3, 0.4) is 0 Å². The normalized spacial score (nSPS) is 10.9. The van der Waals surface area contributed by atoms with Gasteiger partial charge < -0.3 is 4.74 Å². The molecule has 0 atom stereocenters. The first-order chi connectivity index (χ1) is 13.9. The molecule has 0 aliphatic rings. The molecule has 0 fully saturated rings. The molecule has 0 saturated carbocycles. The number of hydrogen-bond acceptors (Lipinski definition) is 5. The molecule has 6 nitrogen and oxygen atoms in total. The Morgan fingerprint density at radius 2 is 1.69 bits per heavy atom. The maximum absolute atomic E-state index is 13.0. The number of nitro groups is 1. The zero-order valence-electron chi connectivity index (χ0n) is 14.8. The summed E-state index contributed by atoms with van der Waals surface area (Å²) in [5.41, 5.74) is 4.75. The zero-order chi connectivity index (χ0) is 20.8. The summed E-state index contributed by atoms with van der Waals surface area (Å²) in [6, 6.07) is 15.0. The molecule has 148 valence electrons.